The van der Waals surface area contributed by atoms with Crippen molar-refractivity contribution in [1.29, 1.82) is 0 Å². The molecule has 0 heterocycles. The van der Waals surface area contributed by atoms with Crippen LogP contribution in [0.1, 0.15) is 16.8 Å². The van der Waals surface area contributed by atoms with E-state index in [-0.39, 0.29) is 5.56 Å². The lowest BCUT2D eigenvalue weighted by atomic mass is 10.1. The third-order valence-corrected chi connectivity index (χ3v) is 1.93. The molecule has 2 nitrogen and oxygen atoms in total. The maximum absolute atomic E-state index is 12.5. The van der Waals surface area contributed by atoms with Crippen LogP contribution in [0.3, 0.4) is 0 Å². The van der Waals surface area contributed by atoms with Crippen molar-refractivity contribution >= 4 is 5.78 Å². The largest absolute Gasteiger partial charge is 0.391 e. The summed E-state index contributed by atoms with van der Waals surface area (Å²) in [6, 6.07) is 4.71. The van der Waals surface area contributed by atoms with Crippen molar-refractivity contribution in [2.24, 2.45) is 0 Å². The number of carbonyl (C=O) groups excluding carboxylic acids is 1. The van der Waals surface area contributed by atoms with Crippen molar-refractivity contribution in [2.75, 3.05) is 13.2 Å². The molecule has 1 rings (SSSR count). The van der Waals surface area contributed by atoms with Crippen LogP contribution in [-0.4, -0.2) is 25.2 Å². The Labute approximate surface area is 95.2 Å². The van der Waals surface area contributed by atoms with E-state index in [1.165, 1.54) is 12.1 Å². The molecule has 0 fully saturated rings. The molecular weight excluding hydrogens is 240 g/mol. The third kappa shape index (κ3) is 5.44. The number of benzene rings is 1. The summed E-state index contributed by atoms with van der Waals surface area (Å²) in [6.07, 6.45) is -5.39. The molecule has 0 aliphatic rings. The zero-order valence-corrected chi connectivity index (χ0v) is 8.76. The van der Waals surface area contributed by atoms with Crippen molar-refractivity contribution in [2.45, 2.75) is 12.6 Å². The van der Waals surface area contributed by atoms with Gasteiger partial charge in [-0.05, 0) is 24.3 Å². The van der Waals surface area contributed by atoms with Gasteiger partial charge in [0.1, 0.15) is 12.4 Å². The zero-order chi connectivity index (χ0) is 12.9. The number of ketones is 1. The summed E-state index contributed by atoms with van der Waals surface area (Å²) in [6.45, 7) is -1.00. The monoisotopic (exact) mass is 250 g/mol. The van der Waals surface area contributed by atoms with E-state index in [2.05, 4.69) is 4.74 Å². The van der Waals surface area contributed by atoms with Crippen molar-refractivity contribution in [3.63, 3.8) is 0 Å². The molecule has 1 aromatic rings. The average molecular weight is 250 g/mol. The number of ether oxygens (including phenoxy) is 1. The average Bonchev–Trinajstić information content (AvgIpc) is 2.24. The van der Waals surface area contributed by atoms with E-state index in [0.29, 0.717) is 0 Å². The molecule has 0 aliphatic heterocycles. The van der Waals surface area contributed by atoms with Crippen LogP contribution in [-0.2, 0) is 4.74 Å². The highest BCUT2D eigenvalue weighted by atomic mass is 19.4. The molecule has 0 bridgehead atoms. The Bertz CT molecular complexity index is 370. The lowest BCUT2D eigenvalue weighted by Crippen LogP contribution is -2.15. The molecule has 6 heteroatoms. The van der Waals surface area contributed by atoms with Gasteiger partial charge in [-0.3, -0.25) is 4.79 Å². The Kier molecular flexibility index (Phi) is 4.62. The van der Waals surface area contributed by atoms with Gasteiger partial charge in [0.25, 0.3) is 0 Å². The van der Waals surface area contributed by atoms with E-state index in [9.17, 15) is 22.4 Å². The minimum atomic E-state index is -4.29. The fourth-order valence-electron chi connectivity index (χ4n) is 1.07. The summed E-state index contributed by atoms with van der Waals surface area (Å²) in [5.41, 5.74) is 0.207. The topological polar surface area (TPSA) is 26.3 Å². The second kappa shape index (κ2) is 5.77. The molecule has 0 amide bonds. The first-order valence-electron chi connectivity index (χ1n) is 4.82. The van der Waals surface area contributed by atoms with Gasteiger partial charge in [0.2, 0.25) is 0 Å². The summed E-state index contributed by atoms with van der Waals surface area (Å²) >= 11 is 0. The number of alkyl halides is 3. The van der Waals surface area contributed by atoms with E-state index in [1.807, 2.05) is 0 Å². The molecule has 0 aromatic heterocycles. The van der Waals surface area contributed by atoms with E-state index in [0.717, 1.165) is 12.1 Å². The van der Waals surface area contributed by atoms with Crippen LogP contribution in [0.15, 0.2) is 24.3 Å². The molecule has 0 saturated heterocycles. The van der Waals surface area contributed by atoms with Crippen LogP contribution in [0, 0.1) is 5.82 Å². The second-order valence-corrected chi connectivity index (χ2v) is 3.35. The van der Waals surface area contributed by atoms with Crippen LogP contribution in [0.2, 0.25) is 0 Å². The Morgan fingerprint density at radius 2 is 1.76 bits per heavy atom. The number of halogens is 4. The van der Waals surface area contributed by atoms with Crippen LogP contribution in [0.25, 0.3) is 0 Å². The Morgan fingerprint density at radius 1 is 1.18 bits per heavy atom. The first-order chi connectivity index (χ1) is 7.88. The summed E-state index contributed by atoms with van der Waals surface area (Å²) in [7, 11) is 0. The van der Waals surface area contributed by atoms with Crippen molar-refractivity contribution in [3.05, 3.63) is 35.6 Å². The maximum atomic E-state index is 12.5. The van der Waals surface area contributed by atoms with Gasteiger partial charge >= 0.3 is 6.18 Å². The second-order valence-electron chi connectivity index (χ2n) is 3.35. The predicted molar refractivity (Wildman–Crippen MR) is 52.2 cm³/mol. The van der Waals surface area contributed by atoms with Crippen molar-refractivity contribution in [3.8, 4) is 0 Å². The van der Waals surface area contributed by atoms with Crippen LogP contribution >= 0.6 is 0 Å². The van der Waals surface area contributed by atoms with Gasteiger partial charge in [0.05, 0.1) is 13.0 Å². The van der Waals surface area contributed by atoms with Crippen LogP contribution in [0.4, 0.5) is 17.6 Å². The fourth-order valence-corrected chi connectivity index (χ4v) is 1.07. The quantitative estimate of drug-likeness (QED) is 0.456. The van der Waals surface area contributed by atoms with Gasteiger partial charge in [-0.1, -0.05) is 0 Å². The Morgan fingerprint density at radius 3 is 2.29 bits per heavy atom. The van der Waals surface area contributed by atoms with Crippen molar-refractivity contribution in [1.82, 2.24) is 0 Å². The lowest BCUT2D eigenvalue weighted by molar-refractivity contribution is -0.144. The standard InChI is InChI=1S/C11H10F4O2/c12-9-3-1-8(2-4-9)10(16)7-17-6-5-11(13,14)15/h1-4H,5-7H2. The molecule has 0 radical (unpaired) electrons. The van der Waals surface area contributed by atoms with E-state index in [4.69, 9.17) is 0 Å². The van der Waals surface area contributed by atoms with E-state index in [1.54, 1.807) is 0 Å². The van der Waals surface area contributed by atoms with Crippen molar-refractivity contribution < 1.29 is 27.1 Å². The fraction of sp³-hybridized carbons (Fsp3) is 0.364. The molecule has 0 saturated carbocycles. The maximum Gasteiger partial charge on any atom is 0.391 e. The smallest absolute Gasteiger partial charge is 0.373 e. The molecule has 0 unspecified atom stereocenters. The van der Waals surface area contributed by atoms with Gasteiger partial charge in [0.15, 0.2) is 5.78 Å². The Hall–Kier alpha value is -1.43. The van der Waals surface area contributed by atoms with E-state index < -0.39 is 37.4 Å². The molecule has 17 heavy (non-hydrogen) atoms. The normalized spacial score (nSPS) is 11.5. The molecule has 1 aromatic carbocycles. The number of carbonyl (C=O) groups is 1. The number of hydrogen-bond acceptors (Lipinski definition) is 2. The minimum absolute atomic E-state index is 0.207. The SMILES string of the molecule is O=C(COCCC(F)(F)F)c1ccc(F)cc1. The van der Waals surface area contributed by atoms with Crippen LogP contribution < -0.4 is 0 Å². The van der Waals surface area contributed by atoms with Gasteiger partial charge in [-0.25, -0.2) is 4.39 Å². The number of rotatable bonds is 5. The molecule has 0 N–H and O–H groups in total. The summed E-state index contributed by atoms with van der Waals surface area (Å²) in [5, 5.41) is 0. The minimum Gasteiger partial charge on any atom is -0.373 e. The molecule has 0 spiro atoms. The summed E-state index contributed by atoms with van der Waals surface area (Å²) < 4.78 is 52.3. The molecule has 94 valence electrons. The first kappa shape index (κ1) is 13.6. The third-order valence-electron chi connectivity index (χ3n) is 1.93. The van der Waals surface area contributed by atoms with Gasteiger partial charge in [0, 0.05) is 5.56 Å². The molecule has 0 atom stereocenters. The molecular formula is C11H10F4O2. The van der Waals surface area contributed by atoms with Gasteiger partial charge < -0.3 is 4.74 Å². The summed E-state index contributed by atoms with van der Waals surface area (Å²) in [4.78, 5) is 11.4. The Balaban J connectivity index is 2.33. The lowest BCUT2D eigenvalue weighted by Gasteiger charge is -2.06. The molecule has 0 aliphatic carbocycles. The highest BCUT2D eigenvalue weighted by Gasteiger charge is 2.26. The highest BCUT2D eigenvalue weighted by Crippen LogP contribution is 2.18. The number of Topliss-reactive ketones (excluding diaryl/α,β-unsaturated/α-hetero) is 1. The summed E-state index contributed by atoms with van der Waals surface area (Å²) in [5.74, 6) is -0.966. The highest BCUT2D eigenvalue weighted by molar-refractivity contribution is 5.96. The van der Waals surface area contributed by atoms with Gasteiger partial charge in [-0.2, -0.15) is 13.2 Å². The van der Waals surface area contributed by atoms with Crippen LogP contribution in [0.5, 0.6) is 0 Å². The first-order valence-corrected chi connectivity index (χ1v) is 4.82. The predicted octanol–water partition coefficient (Wildman–Crippen LogP) is 2.98. The van der Waals surface area contributed by atoms with Gasteiger partial charge in [-0.15, -0.1) is 0 Å². The zero-order valence-electron chi connectivity index (χ0n) is 8.76. The van der Waals surface area contributed by atoms with E-state index >= 15 is 0 Å². The number of hydrogen-bond donors (Lipinski definition) is 0.